The third kappa shape index (κ3) is 7.90. The van der Waals surface area contributed by atoms with Gasteiger partial charge in [0.05, 0.1) is 10.6 Å². The highest BCUT2D eigenvalue weighted by Gasteiger charge is 2.33. The highest BCUT2D eigenvalue weighted by molar-refractivity contribution is 6.31. The highest BCUT2D eigenvalue weighted by atomic mass is 35.5. The molecule has 1 aromatic rings. The maximum atomic E-state index is 12.7. The fraction of sp³-hybridized carbons (Fsp3) is 0.625. The van der Waals surface area contributed by atoms with Crippen LogP contribution in [0.3, 0.4) is 0 Å². The van der Waals surface area contributed by atoms with E-state index in [1.807, 2.05) is 13.8 Å². The molecule has 0 atom stereocenters. The molecule has 0 aliphatic carbocycles. The molecule has 0 amide bonds. The Balaban J connectivity index is 0.00000149. The van der Waals surface area contributed by atoms with E-state index >= 15 is 0 Å². The standard InChI is InChI=1S/C14H19ClF3NO.C2H6O/c1-4-19(5-2)6-7-20-13-9-12(15)11(8-10(13)3)14(16,17)18;1-2-3/h8-9H,4-7H2,1-3H3;3H,2H2,1H3. The minimum Gasteiger partial charge on any atom is -0.492 e. The Morgan fingerprint density at radius 3 is 2.13 bits per heavy atom. The molecular weight excluding hydrogens is 331 g/mol. The van der Waals surface area contributed by atoms with Gasteiger partial charge in [-0.2, -0.15) is 13.2 Å². The predicted octanol–water partition coefficient (Wildman–Crippen LogP) is 4.39. The lowest BCUT2D eigenvalue weighted by Gasteiger charge is -2.19. The lowest BCUT2D eigenvalue weighted by molar-refractivity contribution is -0.137. The van der Waals surface area contributed by atoms with Crippen LogP contribution in [0.1, 0.15) is 31.9 Å². The number of rotatable bonds is 6. The van der Waals surface area contributed by atoms with Gasteiger partial charge in [-0.1, -0.05) is 25.4 Å². The minimum absolute atomic E-state index is 0.250. The summed E-state index contributed by atoms with van der Waals surface area (Å²) in [6.45, 7) is 10.6. The van der Waals surface area contributed by atoms with E-state index in [0.717, 1.165) is 25.7 Å². The number of alkyl halides is 3. The number of aliphatic hydroxyl groups is 1. The first-order valence-corrected chi connectivity index (χ1v) is 7.92. The number of aryl methyl sites for hydroxylation is 1. The average Bonchev–Trinajstić information content (AvgIpc) is 2.46. The molecule has 1 rings (SSSR count). The van der Waals surface area contributed by atoms with Gasteiger partial charge in [0.1, 0.15) is 12.4 Å². The second kappa shape index (κ2) is 10.7. The van der Waals surface area contributed by atoms with Crippen LogP contribution in [0.5, 0.6) is 5.75 Å². The van der Waals surface area contributed by atoms with Crippen LogP contribution in [0.25, 0.3) is 0 Å². The molecule has 7 heteroatoms. The fourth-order valence-corrected chi connectivity index (χ4v) is 2.12. The maximum Gasteiger partial charge on any atom is 0.417 e. The smallest absolute Gasteiger partial charge is 0.417 e. The third-order valence-corrected chi connectivity index (χ3v) is 3.44. The van der Waals surface area contributed by atoms with Crippen LogP contribution in [0.2, 0.25) is 5.02 Å². The van der Waals surface area contributed by atoms with Gasteiger partial charge in [0.2, 0.25) is 0 Å². The zero-order valence-electron chi connectivity index (χ0n) is 14.0. The van der Waals surface area contributed by atoms with Crippen molar-refractivity contribution in [2.24, 2.45) is 0 Å². The topological polar surface area (TPSA) is 32.7 Å². The lowest BCUT2D eigenvalue weighted by atomic mass is 10.1. The third-order valence-electron chi connectivity index (χ3n) is 3.13. The van der Waals surface area contributed by atoms with Crippen LogP contribution in [0, 0.1) is 6.92 Å². The zero-order valence-corrected chi connectivity index (χ0v) is 14.8. The van der Waals surface area contributed by atoms with Crippen LogP contribution >= 0.6 is 11.6 Å². The summed E-state index contributed by atoms with van der Waals surface area (Å²) in [5.41, 5.74) is -0.394. The van der Waals surface area contributed by atoms with Gasteiger partial charge < -0.3 is 14.7 Å². The van der Waals surface area contributed by atoms with Crippen molar-refractivity contribution in [3.05, 3.63) is 28.3 Å². The molecule has 3 nitrogen and oxygen atoms in total. The average molecular weight is 356 g/mol. The molecule has 1 N–H and O–H groups in total. The summed E-state index contributed by atoms with van der Waals surface area (Å²) in [5, 5.41) is 7.24. The normalized spacial score (nSPS) is 11.2. The summed E-state index contributed by atoms with van der Waals surface area (Å²) in [5.74, 6) is 0.398. The van der Waals surface area contributed by atoms with E-state index in [1.165, 1.54) is 6.07 Å². The summed E-state index contributed by atoms with van der Waals surface area (Å²) in [4.78, 5) is 2.17. The molecule has 0 aromatic heterocycles. The van der Waals surface area contributed by atoms with Crippen molar-refractivity contribution in [2.75, 3.05) is 32.8 Å². The Kier molecular flexibility index (Phi) is 10.3. The number of ether oxygens (including phenoxy) is 1. The fourth-order valence-electron chi connectivity index (χ4n) is 1.86. The van der Waals surface area contributed by atoms with Crippen molar-refractivity contribution >= 4 is 11.6 Å². The molecule has 0 unspecified atom stereocenters. The number of benzene rings is 1. The second-order valence-electron chi connectivity index (χ2n) is 4.79. The molecule has 0 bridgehead atoms. The molecule has 134 valence electrons. The molecule has 0 spiro atoms. The Labute approximate surface area is 141 Å². The summed E-state index contributed by atoms with van der Waals surface area (Å²) >= 11 is 5.67. The molecule has 0 aliphatic rings. The first-order valence-electron chi connectivity index (χ1n) is 7.54. The van der Waals surface area contributed by atoms with Crippen LogP contribution in [-0.2, 0) is 6.18 Å². The summed E-state index contributed by atoms with van der Waals surface area (Å²) in [7, 11) is 0. The first kappa shape index (κ1) is 22.0. The quantitative estimate of drug-likeness (QED) is 0.821. The van der Waals surface area contributed by atoms with Crippen molar-refractivity contribution in [3.63, 3.8) is 0 Å². The molecular formula is C16H25ClF3NO2. The largest absolute Gasteiger partial charge is 0.492 e. The van der Waals surface area contributed by atoms with Gasteiger partial charge >= 0.3 is 6.18 Å². The Hall–Kier alpha value is -0.980. The molecule has 0 aliphatic heterocycles. The van der Waals surface area contributed by atoms with Crippen LogP contribution < -0.4 is 4.74 Å². The van der Waals surface area contributed by atoms with Crippen molar-refractivity contribution < 1.29 is 23.0 Å². The van der Waals surface area contributed by atoms with E-state index < -0.39 is 11.7 Å². The molecule has 0 radical (unpaired) electrons. The minimum atomic E-state index is -4.44. The predicted molar refractivity (Wildman–Crippen MR) is 87.2 cm³/mol. The summed E-state index contributed by atoms with van der Waals surface area (Å²) < 4.78 is 43.6. The molecule has 0 saturated carbocycles. The maximum absolute atomic E-state index is 12.7. The number of aliphatic hydroxyl groups excluding tert-OH is 1. The van der Waals surface area contributed by atoms with E-state index in [4.69, 9.17) is 21.4 Å². The van der Waals surface area contributed by atoms with Crippen molar-refractivity contribution in [1.82, 2.24) is 4.90 Å². The number of hydrogen-bond donors (Lipinski definition) is 1. The number of nitrogens with zero attached hydrogens (tertiary/aromatic N) is 1. The zero-order chi connectivity index (χ0) is 18.0. The SMILES string of the molecule is CCN(CC)CCOc1cc(Cl)c(C(F)(F)F)cc1C.CCO. The molecule has 1 aromatic carbocycles. The molecule has 23 heavy (non-hydrogen) atoms. The summed E-state index contributed by atoms with van der Waals surface area (Å²) in [6, 6.07) is 2.26. The van der Waals surface area contributed by atoms with Gasteiger partial charge in [-0.05, 0) is 44.6 Å². The van der Waals surface area contributed by atoms with Gasteiger partial charge in [-0.3, -0.25) is 0 Å². The van der Waals surface area contributed by atoms with Crippen molar-refractivity contribution in [1.29, 1.82) is 0 Å². The Bertz CT molecular complexity index is 463. The van der Waals surface area contributed by atoms with Gasteiger partial charge in [-0.25, -0.2) is 0 Å². The lowest BCUT2D eigenvalue weighted by Crippen LogP contribution is -2.28. The van der Waals surface area contributed by atoms with Gasteiger partial charge in [-0.15, -0.1) is 0 Å². The monoisotopic (exact) mass is 355 g/mol. The number of halogens is 4. The van der Waals surface area contributed by atoms with E-state index in [2.05, 4.69) is 4.90 Å². The van der Waals surface area contributed by atoms with Gasteiger partial charge in [0.15, 0.2) is 0 Å². The highest BCUT2D eigenvalue weighted by Crippen LogP contribution is 2.38. The van der Waals surface area contributed by atoms with E-state index in [1.54, 1.807) is 13.8 Å². The molecule has 0 heterocycles. The number of likely N-dealkylation sites (N-methyl/N-ethyl adjacent to an activating group) is 1. The van der Waals surface area contributed by atoms with Gasteiger partial charge in [0.25, 0.3) is 0 Å². The number of hydrogen-bond acceptors (Lipinski definition) is 3. The van der Waals surface area contributed by atoms with E-state index in [-0.39, 0.29) is 11.6 Å². The van der Waals surface area contributed by atoms with Gasteiger partial charge in [0, 0.05) is 13.2 Å². The molecule has 0 fully saturated rings. The van der Waals surface area contributed by atoms with Crippen LogP contribution in [0.4, 0.5) is 13.2 Å². The van der Waals surface area contributed by atoms with E-state index in [9.17, 15) is 13.2 Å². The van der Waals surface area contributed by atoms with Crippen LogP contribution in [0.15, 0.2) is 12.1 Å². The first-order chi connectivity index (χ1) is 10.7. The second-order valence-corrected chi connectivity index (χ2v) is 5.19. The summed E-state index contributed by atoms with van der Waals surface area (Å²) in [6.07, 6.45) is -4.44. The molecule has 0 saturated heterocycles. The van der Waals surface area contributed by atoms with Crippen molar-refractivity contribution in [2.45, 2.75) is 33.9 Å². The Morgan fingerprint density at radius 2 is 1.70 bits per heavy atom. The van der Waals surface area contributed by atoms with Crippen LogP contribution in [-0.4, -0.2) is 42.9 Å². The Morgan fingerprint density at radius 1 is 1.17 bits per heavy atom. The van der Waals surface area contributed by atoms with E-state index in [0.29, 0.717) is 17.9 Å². The van der Waals surface area contributed by atoms with Crippen molar-refractivity contribution in [3.8, 4) is 5.75 Å².